The summed E-state index contributed by atoms with van der Waals surface area (Å²) in [5.74, 6) is 0.826. The van der Waals surface area contributed by atoms with Crippen LogP contribution in [0.15, 0.2) is 60.8 Å². The maximum atomic E-state index is 13.5. The summed E-state index contributed by atoms with van der Waals surface area (Å²) < 4.78 is 7.09. The highest BCUT2D eigenvalue weighted by Crippen LogP contribution is 2.26. The Bertz CT molecular complexity index is 1070. The second kappa shape index (κ2) is 9.68. The van der Waals surface area contributed by atoms with Crippen molar-refractivity contribution in [2.24, 2.45) is 0 Å². The van der Waals surface area contributed by atoms with Crippen LogP contribution in [0.4, 0.5) is 0 Å². The zero-order valence-corrected chi connectivity index (χ0v) is 18.5. The highest BCUT2D eigenvalue weighted by Gasteiger charge is 2.27. The molecule has 3 aromatic rings. The van der Waals surface area contributed by atoms with Crippen molar-refractivity contribution >= 4 is 11.8 Å². The molecule has 1 aliphatic heterocycles. The van der Waals surface area contributed by atoms with Crippen molar-refractivity contribution in [3.8, 4) is 17.0 Å². The molecule has 2 amide bonds. The molecule has 0 unspecified atom stereocenters. The van der Waals surface area contributed by atoms with E-state index in [1.165, 1.54) is 0 Å². The Balaban J connectivity index is 1.61. The molecule has 166 valence electrons. The van der Waals surface area contributed by atoms with Crippen LogP contribution < -0.4 is 4.74 Å². The summed E-state index contributed by atoms with van der Waals surface area (Å²) in [6, 6.07) is 17.6. The third-order valence-corrected chi connectivity index (χ3v) is 5.76. The number of carbonyl (C=O) groups excluding carboxylic acids is 2. The molecule has 32 heavy (non-hydrogen) atoms. The van der Waals surface area contributed by atoms with Gasteiger partial charge >= 0.3 is 0 Å². The minimum atomic E-state index is -0.0567. The summed E-state index contributed by atoms with van der Waals surface area (Å²) in [7, 11) is 1.63. The number of amides is 2. The average Bonchev–Trinajstić information content (AvgIpc) is 3.27. The number of benzene rings is 2. The zero-order chi connectivity index (χ0) is 22.5. The van der Waals surface area contributed by atoms with Crippen LogP contribution in [0, 0.1) is 0 Å². The van der Waals surface area contributed by atoms with Gasteiger partial charge in [0.15, 0.2) is 0 Å². The van der Waals surface area contributed by atoms with E-state index in [0.717, 1.165) is 16.9 Å². The molecule has 0 saturated carbocycles. The van der Waals surface area contributed by atoms with Gasteiger partial charge in [0.2, 0.25) is 5.91 Å². The quantitative estimate of drug-likeness (QED) is 0.599. The van der Waals surface area contributed by atoms with Gasteiger partial charge in [-0.2, -0.15) is 5.10 Å². The lowest BCUT2D eigenvalue weighted by molar-refractivity contribution is -0.132. The van der Waals surface area contributed by atoms with Gasteiger partial charge in [0.05, 0.1) is 19.2 Å². The van der Waals surface area contributed by atoms with Crippen molar-refractivity contribution in [3.63, 3.8) is 0 Å². The number of aromatic nitrogens is 2. The van der Waals surface area contributed by atoms with Crippen LogP contribution in [-0.4, -0.2) is 64.7 Å². The number of ether oxygens (including phenoxy) is 1. The van der Waals surface area contributed by atoms with Crippen molar-refractivity contribution in [2.75, 3.05) is 33.3 Å². The predicted molar refractivity (Wildman–Crippen MR) is 123 cm³/mol. The van der Waals surface area contributed by atoms with E-state index in [0.29, 0.717) is 50.4 Å². The van der Waals surface area contributed by atoms with Crippen LogP contribution in [0.1, 0.15) is 29.3 Å². The molecule has 0 radical (unpaired) electrons. The molecule has 4 rings (SSSR count). The molecule has 7 nitrogen and oxygen atoms in total. The molecule has 0 N–H and O–H groups in total. The molecule has 2 aromatic carbocycles. The van der Waals surface area contributed by atoms with Crippen molar-refractivity contribution in [3.05, 3.63) is 71.9 Å². The smallest absolute Gasteiger partial charge is 0.257 e. The van der Waals surface area contributed by atoms with E-state index in [2.05, 4.69) is 0 Å². The molecule has 0 aliphatic carbocycles. The first kappa shape index (κ1) is 21.6. The van der Waals surface area contributed by atoms with Crippen LogP contribution in [0.2, 0.25) is 0 Å². The van der Waals surface area contributed by atoms with Crippen molar-refractivity contribution in [2.45, 2.75) is 19.9 Å². The predicted octanol–water partition coefficient (Wildman–Crippen LogP) is 3.30. The number of methoxy groups -OCH3 is 1. The summed E-state index contributed by atoms with van der Waals surface area (Å²) >= 11 is 0. The third-order valence-electron chi connectivity index (χ3n) is 5.76. The maximum Gasteiger partial charge on any atom is 0.257 e. The van der Waals surface area contributed by atoms with E-state index in [-0.39, 0.29) is 11.8 Å². The summed E-state index contributed by atoms with van der Waals surface area (Å²) in [5.41, 5.74) is 3.20. The SMILES string of the molecule is CCC(=O)N1CCN(C(=O)c2cn(Cc3ccccc3)nc2-c2ccc(OC)cc2)CC1. The van der Waals surface area contributed by atoms with Gasteiger partial charge in [-0.15, -0.1) is 0 Å². The molecule has 2 heterocycles. The average molecular weight is 433 g/mol. The minimum Gasteiger partial charge on any atom is -0.497 e. The largest absolute Gasteiger partial charge is 0.497 e. The van der Waals surface area contributed by atoms with Gasteiger partial charge < -0.3 is 14.5 Å². The molecule has 0 spiro atoms. The van der Waals surface area contributed by atoms with Gasteiger partial charge in [-0.25, -0.2) is 0 Å². The molecular formula is C25H28N4O3. The second-order valence-electron chi connectivity index (χ2n) is 7.83. The van der Waals surface area contributed by atoms with Gasteiger partial charge in [-0.05, 0) is 29.8 Å². The van der Waals surface area contributed by atoms with E-state index in [4.69, 9.17) is 9.84 Å². The van der Waals surface area contributed by atoms with Gasteiger partial charge in [-0.3, -0.25) is 14.3 Å². The normalized spacial score (nSPS) is 13.8. The highest BCUT2D eigenvalue weighted by molar-refractivity contribution is 6.00. The fourth-order valence-electron chi connectivity index (χ4n) is 3.94. The lowest BCUT2D eigenvalue weighted by atomic mass is 10.1. The van der Waals surface area contributed by atoms with E-state index < -0.39 is 0 Å². The molecule has 1 saturated heterocycles. The third kappa shape index (κ3) is 4.66. The molecular weight excluding hydrogens is 404 g/mol. The summed E-state index contributed by atoms with van der Waals surface area (Å²) in [6.07, 6.45) is 2.32. The number of hydrogen-bond acceptors (Lipinski definition) is 4. The first-order valence-corrected chi connectivity index (χ1v) is 10.9. The molecule has 1 aliphatic rings. The van der Waals surface area contributed by atoms with Gasteiger partial charge in [0, 0.05) is 44.4 Å². The maximum absolute atomic E-state index is 13.5. The van der Waals surface area contributed by atoms with Gasteiger partial charge in [0.1, 0.15) is 11.4 Å². The molecule has 0 atom stereocenters. The number of carbonyl (C=O) groups is 2. The fourth-order valence-corrected chi connectivity index (χ4v) is 3.94. The number of piperazine rings is 1. The Morgan fingerprint density at radius 3 is 2.22 bits per heavy atom. The fraction of sp³-hybridized carbons (Fsp3) is 0.320. The minimum absolute atomic E-state index is 0.0567. The summed E-state index contributed by atoms with van der Waals surface area (Å²) in [5, 5.41) is 4.77. The Morgan fingerprint density at radius 2 is 1.59 bits per heavy atom. The first-order valence-electron chi connectivity index (χ1n) is 10.9. The Labute approximate surface area is 188 Å². The summed E-state index contributed by atoms with van der Waals surface area (Å²) in [4.78, 5) is 29.1. The monoisotopic (exact) mass is 432 g/mol. The van der Waals surface area contributed by atoms with Crippen LogP contribution in [-0.2, 0) is 11.3 Å². The highest BCUT2D eigenvalue weighted by atomic mass is 16.5. The van der Waals surface area contributed by atoms with Crippen LogP contribution in [0.25, 0.3) is 11.3 Å². The second-order valence-corrected chi connectivity index (χ2v) is 7.83. The van der Waals surface area contributed by atoms with Crippen molar-refractivity contribution in [1.82, 2.24) is 19.6 Å². The van der Waals surface area contributed by atoms with Crippen LogP contribution >= 0.6 is 0 Å². The Morgan fingerprint density at radius 1 is 0.938 bits per heavy atom. The number of nitrogens with zero attached hydrogens (tertiary/aromatic N) is 4. The van der Waals surface area contributed by atoms with Gasteiger partial charge in [-0.1, -0.05) is 37.3 Å². The lowest BCUT2D eigenvalue weighted by Gasteiger charge is -2.34. The summed E-state index contributed by atoms with van der Waals surface area (Å²) in [6.45, 7) is 4.62. The lowest BCUT2D eigenvalue weighted by Crippen LogP contribution is -2.50. The zero-order valence-electron chi connectivity index (χ0n) is 18.5. The van der Waals surface area contributed by atoms with E-state index in [1.807, 2.05) is 82.2 Å². The topological polar surface area (TPSA) is 67.7 Å². The van der Waals surface area contributed by atoms with E-state index in [1.54, 1.807) is 7.11 Å². The van der Waals surface area contributed by atoms with Crippen molar-refractivity contribution < 1.29 is 14.3 Å². The first-order chi connectivity index (χ1) is 15.6. The Hall–Kier alpha value is -3.61. The van der Waals surface area contributed by atoms with Crippen molar-refractivity contribution in [1.29, 1.82) is 0 Å². The van der Waals surface area contributed by atoms with Crippen LogP contribution in [0.5, 0.6) is 5.75 Å². The van der Waals surface area contributed by atoms with Crippen LogP contribution in [0.3, 0.4) is 0 Å². The molecule has 0 bridgehead atoms. The molecule has 7 heteroatoms. The number of rotatable bonds is 6. The van der Waals surface area contributed by atoms with E-state index >= 15 is 0 Å². The van der Waals surface area contributed by atoms with E-state index in [9.17, 15) is 9.59 Å². The number of hydrogen-bond donors (Lipinski definition) is 0. The standard InChI is InChI=1S/C25H28N4O3/c1-3-23(30)27-13-15-28(16-14-27)25(31)22-18-29(17-19-7-5-4-6-8-19)26-24(22)20-9-11-21(32-2)12-10-20/h4-12,18H,3,13-17H2,1-2H3. The molecule has 1 fully saturated rings. The van der Waals surface area contributed by atoms with Gasteiger partial charge in [0.25, 0.3) is 5.91 Å². The Kier molecular flexibility index (Phi) is 6.54. The molecule has 1 aromatic heterocycles.